The summed E-state index contributed by atoms with van der Waals surface area (Å²) in [4.78, 5) is 15.9. The van der Waals surface area contributed by atoms with E-state index in [1.807, 2.05) is 12.1 Å². The number of rotatable bonds is 4. The van der Waals surface area contributed by atoms with Gasteiger partial charge < -0.3 is 11.1 Å². The molecule has 0 aliphatic heterocycles. The van der Waals surface area contributed by atoms with Crippen LogP contribution in [-0.2, 0) is 13.0 Å². The van der Waals surface area contributed by atoms with Crippen molar-refractivity contribution in [3.05, 3.63) is 58.4 Å². The summed E-state index contributed by atoms with van der Waals surface area (Å²) in [7, 11) is 0. The van der Waals surface area contributed by atoms with Gasteiger partial charge in [0, 0.05) is 6.54 Å². The number of halogens is 1. The van der Waals surface area contributed by atoms with Crippen molar-refractivity contribution in [1.82, 2.24) is 10.3 Å². The van der Waals surface area contributed by atoms with E-state index in [-0.39, 0.29) is 16.6 Å². The quantitative estimate of drug-likeness (QED) is 0.851. The van der Waals surface area contributed by atoms with E-state index in [9.17, 15) is 4.79 Å². The van der Waals surface area contributed by atoms with Gasteiger partial charge in [-0.2, -0.15) is 0 Å². The van der Waals surface area contributed by atoms with Crippen LogP contribution in [0, 0.1) is 0 Å². The van der Waals surface area contributed by atoms with Crippen LogP contribution in [0.1, 0.15) is 28.4 Å². The first-order valence-corrected chi connectivity index (χ1v) is 6.75. The molecule has 0 atom stereocenters. The molecule has 2 rings (SSSR count). The van der Waals surface area contributed by atoms with Crippen LogP contribution in [0.15, 0.2) is 36.5 Å². The molecule has 0 saturated heterocycles. The molecule has 0 fully saturated rings. The second kappa shape index (κ2) is 6.39. The largest absolute Gasteiger partial charge is 0.397 e. The van der Waals surface area contributed by atoms with Gasteiger partial charge in [-0.25, -0.2) is 4.98 Å². The highest BCUT2D eigenvalue weighted by Crippen LogP contribution is 2.15. The number of nitrogen functional groups attached to an aromatic ring is 1. The van der Waals surface area contributed by atoms with Crippen LogP contribution >= 0.6 is 11.6 Å². The number of amides is 1. The topological polar surface area (TPSA) is 68.0 Å². The molecule has 0 aliphatic rings. The first kappa shape index (κ1) is 14.3. The fraction of sp³-hybridized carbons (Fsp3) is 0.200. The Bertz CT molecular complexity index is 611. The molecule has 2 aromatic rings. The number of anilines is 1. The summed E-state index contributed by atoms with van der Waals surface area (Å²) in [5, 5.41) is 2.95. The molecule has 0 spiro atoms. The highest BCUT2D eigenvalue weighted by Gasteiger charge is 2.11. The van der Waals surface area contributed by atoms with E-state index in [1.165, 1.54) is 17.8 Å². The van der Waals surface area contributed by atoms with Crippen molar-refractivity contribution < 1.29 is 4.79 Å². The molecule has 0 saturated carbocycles. The average Bonchev–Trinajstić information content (AvgIpc) is 2.47. The molecular formula is C15H16ClN3O. The second-order valence-electron chi connectivity index (χ2n) is 4.46. The fourth-order valence-electron chi connectivity index (χ4n) is 1.79. The van der Waals surface area contributed by atoms with Crippen LogP contribution < -0.4 is 11.1 Å². The lowest BCUT2D eigenvalue weighted by atomic mass is 10.1. The maximum atomic E-state index is 12.0. The minimum Gasteiger partial charge on any atom is -0.397 e. The zero-order valence-electron chi connectivity index (χ0n) is 11.2. The van der Waals surface area contributed by atoms with Gasteiger partial charge in [0.25, 0.3) is 5.91 Å². The van der Waals surface area contributed by atoms with E-state index < -0.39 is 0 Å². The first-order chi connectivity index (χ1) is 9.60. The molecule has 5 heteroatoms. The minimum atomic E-state index is -0.283. The summed E-state index contributed by atoms with van der Waals surface area (Å²) in [6.45, 7) is 2.54. The lowest BCUT2D eigenvalue weighted by Gasteiger charge is -2.07. The Kier molecular flexibility index (Phi) is 4.58. The smallest absolute Gasteiger partial charge is 0.254 e. The Hall–Kier alpha value is -2.07. The molecule has 1 aromatic heterocycles. The van der Waals surface area contributed by atoms with Gasteiger partial charge in [0.05, 0.1) is 17.4 Å². The first-order valence-electron chi connectivity index (χ1n) is 6.37. The fourth-order valence-corrected chi connectivity index (χ4v) is 1.98. The van der Waals surface area contributed by atoms with Gasteiger partial charge in [0.2, 0.25) is 0 Å². The monoisotopic (exact) mass is 289 g/mol. The number of aryl methyl sites for hydroxylation is 1. The number of nitrogens with two attached hydrogens (primary N) is 1. The van der Waals surface area contributed by atoms with Crippen molar-refractivity contribution in [3.8, 4) is 0 Å². The molecule has 0 unspecified atom stereocenters. The van der Waals surface area contributed by atoms with Gasteiger partial charge in [-0.1, -0.05) is 42.8 Å². The van der Waals surface area contributed by atoms with Crippen LogP contribution in [-0.4, -0.2) is 10.9 Å². The Balaban J connectivity index is 2.02. The second-order valence-corrected chi connectivity index (χ2v) is 4.82. The number of hydrogen-bond donors (Lipinski definition) is 2. The number of aromatic nitrogens is 1. The number of carbonyl (C=O) groups excluding carboxylic acids is 1. The number of carbonyl (C=O) groups is 1. The lowest BCUT2D eigenvalue weighted by Crippen LogP contribution is -2.23. The van der Waals surface area contributed by atoms with Crippen molar-refractivity contribution >= 4 is 23.2 Å². The molecule has 3 N–H and O–H groups in total. The SMILES string of the molecule is CCc1ccc(CNC(=O)c2cc(N)cnc2Cl)cc1. The van der Waals surface area contributed by atoms with Crippen molar-refractivity contribution in [2.45, 2.75) is 19.9 Å². The highest BCUT2D eigenvalue weighted by molar-refractivity contribution is 6.32. The summed E-state index contributed by atoms with van der Waals surface area (Å²) in [5.74, 6) is -0.283. The van der Waals surface area contributed by atoms with E-state index in [1.54, 1.807) is 0 Å². The molecule has 0 aliphatic carbocycles. The highest BCUT2D eigenvalue weighted by atomic mass is 35.5. The third-order valence-corrected chi connectivity index (χ3v) is 3.29. The van der Waals surface area contributed by atoms with Crippen molar-refractivity contribution in [2.75, 3.05) is 5.73 Å². The number of benzene rings is 1. The molecule has 4 nitrogen and oxygen atoms in total. The van der Waals surface area contributed by atoms with Crippen molar-refractivity contribution in [2.24, 2.45) is 0 Å². The van der Waals surface area contributed by atoms with Crippen LogP contribution in [0.25, 0.3) is 0 Å². The number of nitrogens with zero attached hydrogens (tertiary/aromatic N) is 1. The molecule has 0 radical (unpaired) electrons. The van der Waals surface area contributed by atoms with E-state index >= 15 is 0 Å². The van der Waals surface area contributed by atoms with E-state index in [4.69, 9.17) is 17.3 Å². The molecule has 20 heavy (non-hydrogen) atoms. The van der Waals surface area contributed by atoms with Crippen molar-refractivity contribution in [1.29, 1.82) is 0 Å². The van der Waals surface area contributed by atoms with Gasteiger partial charge in [-0.05, 0) is 23.6 Å². The Morgan fingerprint density at radius 2 is 1.95 bits per heavy atom. The standard InChI is InChI=1S/C15H16ClN3O/c1-2-10-3-5-11(6-4-10)8-19-15(20)13-7-12(17)9-18-14(13)16/h3-7,9H,2,8,17H2,1H3,(H,19,20). The van der Waals surface area contributed by atoms with Crippen LogP contribution in [0.2, 0.25) is 5.15 Å². The number of nitrogens with one attached hydrogen (secondary N) is 1. The lowest BCUT2D eigenvalue weighted by molar-refractivity contribution is 0.0951. The summed E-state index contributed by atoms with van der Waals surface area (Å²) in [5.41, 5.74) is 8.60. The third-order valence-electron chi connectivity index (χ3n) is 2.99. The van der Waals surface area contributed by atoms with Gasteiger partial charge in [0.1, 0.15) is 5.15 Å². The van der Waals surface area contributed by atoms with E-state index in [0.29, 0.717) is 12.2 Å². The number of pyridine rings is 1. The van der Waals surface area contributed by atoms with E-state index in [2.05, 4.69) is 29.4 Å². The Morgan fingerprint density at radius 3 is 2.60 bits per heavy atom. The van der Waals surface area contributed by atoms with Crippen LogP contribution in [0.3, 0.4) is 0 Å². The zero-order valence-corrected chi connectivity index (χ0v) is 11.9. The predicted molar refractivity (Wildman–Crippen MR) is 80.6 cm³/mol. The Labute approximate surface area is 123 Å². The Morgan fingerprint density at radius 1 is 1.30 bits per heavy atom. The molecule has 0 bridgehead atoms. The summed E-state index contributed by atoms with van der Waals surface area (Å²) in [6, 6.07) is 9.62. The molecule has 1 heterocycles. The zero-order chi connectivity index (χ0) is 14.5. The molecular weight excluding hydrogens is 274 g/mol. The summed E-state index contributed by atoms with van der Waals surface area (Å²) in [6.07, 6.45) is 2.42. The van der Waals surface area contributed by atoms with Crippen LogP contribution in [0.5, 0.6) is 0 Å². The van der Waals surface area contributed by atoms with E-state index in [0.717, 1.165) is 12.0 Å². The normalized spacial score (nSPS) is 10.3. The molecule has 104 valence electrons. The molecule has 1 amide bonds. The maximum Gasteiger partial charge on any atom is 0.254 e. The maximum absolute atomic E-state index is 12.0. The predicted octanol–water partition coefficient (Wildman–Crippen LogP) is 2.81. The van der Waals surface area contributed by atoms with Gasteiger partial charge >= 0.3 is 0 Å². The van der Waals surface area contributed by atoms with Gasteiger partial charge in [-0.15, -0.1) is 0 Å². The van der Waals surface area contributed by atoms with Gasteiger partial charge in [-0.3, -0.25) is 4.79 Å². The molecule has 1 aromatic carbocycles. The summed E-state index contributed by atoms with van der Waals surface area (Å²) < 4.78 is 0. The van der Waals surface area contributed by atoms with Crippen LogP contribution in [0.4, 0.5) is 5.69 Å². The van der Waals surface area contributed by atoms with Gasteiger partial charge in [0.15, 0.2) is 0 Å². The minimum absolute atomic E-state index is 0.151. The number of hydrogen-bond acceptors (Lipinski definition) is 3. The summed E-state index contributed by atoms with van der Waals surface area (Å²) >= 11 is 5.88. The average molecular weight is 290 g/mol. The van der Waals surface area contributed by atoms with Crippen molar-refractivity contribution in [3.63, 3.8) is 0 Å². The third kappa shape index (κ3) is 3.48.